The summed E-state index contributed by atoms with van der Waals surface area (Å²) < 4.78 is 0. The summed E-state index contributed by atoms with van der Waals surface area (Å²) in [7, 11) is 0. The molecule has 0 aliphatic carbocycles. The van der Waals surface area contributed by atoms with Crippen molar-refractivity contribution in [2.24, 2.45) is 5.73 Å². The van der Waals surface area contributed by atoms with Crippen LogP contribution in [0.3, 0.4) is 0 Å². The molecule has 6 nitrogen and oxygen atoms in total. The molecule has 2 atom stereocenters. The number of carbonyl (C=O) groups is 1. The number of amides is 1. The molecule has 1 fully saturated rings. The number of aryl methyl sites for hydroxylation is 1. The summed E-state index contributed by atoms with van der Waals surface area (Å²) in [6.07, 6.45) is 2.44. The van der Waals surface area contributed by atoms with Crippen molar-refractivity contribution in [1.29, 1.82) is 0 Å². The van der Waals surface area contributed by atoms with Gasteiger partial charge in [-0.25, -0.2) is 4.98 Å². The minimum atomic E-state index is -0.0969. The Bertz CT molecular complexity index is 402. The molecule has 1 aliphatic heterocycles. The maximum Gasteiger partial charge on any atom is 0.293 e. The van der Waals surface area contributed by atoms with Gasteiger partial charge in [0.2, 0.25) is 5.82 Å². The quantitative estimate of drug-likeness (QED) is 0.775. The largest absolute Gasteiger partial charge is 0.333 e. The van der Waals surface area contributed by atoms with Crippen molar-refractivity contribution in [3.8, 4) is 0 Å². The number of hydrogen-bond donors (Lipinski definition) is 2. The van der Waals surface area contributed by atoms with E-state index in [9.17, 15) is 4.79 Å². The summed E-state index contributed by atoms with van der Waals surface area (Å²) in [6.45, 7) is 4.68. The van der Waals surface area contributed by atoms with Crippen LogP contribution in [0, 0.1) is 0 Å². The van der Waals surface area contributed by atoms with E-state index in [1.165, 1.54) is 0 Å². The van der Waals surface area contributed by atoms with Gasteiger partial charge in [0.05, 0.1) is 0 Å². The zero-order chi connectivity index (χ0) is 12.4. The number of nitrogens with zero attached hydrogens (tertiary/aromatic N) is 3. The highest BCUT2D eigenvalue weighted by Gasteiger charge is 2.29. The number of rotatable bonds is 2. The van der Waals surface area contributed by atoms with Crippen LogP contribution in [0.2, 0.25) is 0 Å². The lowest BCUT2D eigenvalue weighted by Gasteiger charge is -2.35. The molecule has 94 valence electrons. The average Bonchev–Trinajstić information content (AvgIpc) is 2.76. The highest BCUT2D eigenvalue weighted by atomic mass is 16.2. The zero-order valence-electron chi connectivity index (χ0n) is 10.3. The average molecular weight is 237 g/mol. The fourth-order valence-corrected chi connectivity index (χ4v) is 2.19. The highest BCUT2D eigenvalue weighted by molar-refractivity contribution is 5.90. The number of nitrogens with one attached hydrogen (secondary N) is 1. The standard InChI is InChI=1S/C11H19N5O/c1-3-9-13-10(15-14-9)11(17)16-5-4-8(12)6-7(16)2/h7-8H,3-6,12H2,1-2H3,(H,13,14,15). The van der Waals surface area contributed by atoms with Crippen molar-refractivity contribution in [2.75, 3.05) is 6.54 Å². The van der Waals surface area contributed by atoms with Crippen LogP contribution in [0.1, 0.15) is 43.1 Å². The molecule has 2 unspecified atom stereocenters. The summed E-state index contributed by atoms with van der Waals surface area (Å²) in [5, 5.41) is 6.72. The molecule has 0 spiro atoms. The Morgan fingerprint density at radius 1 is 1.65 bits per heavy atom. The Balaban J connectivity index is 2.09. The van der Waals surface area contributed by atoms with Crippen molar-refractivity contribution in [2.45, 2.75) is 45.2 Å². The van der Waals surface area contributed by atoms with Gasteiger partial charge in [-0.2, -0.15) is 0 Å². The van der Waals surface area contributed by atoms with Crippen LogP contribution >= 0.6 is 0 Å². The van der Waals surface area contributed by atoms with E-state index < -0.39 is 0 Å². The minimum Gasteiger partial charge on any atom is -0.333 e. The van der Waals surface area contributed by atoms with Crippen molar-refractivity contribution >= 4 is 5.91 Å². The van der Waals surface area contributed by atoms with Gasteiger partial charge < -0.3 is 10.6 Å². The molecule has 3 N–H and O–H groups in total. The van der Waals surface area contributed by atoms with Gasteiger partial charge in [0, 0.05) is 25.0 Å². The molecule has 0 bridgehead atoms. The van der Waals surface area contributed by atoms with Crippen LogP contribution in [0.5, 0.6) is 0 Å². The lowest BCUT2D eigenvalue weighted by molar-refractivity contribution is 0.0607. The maximum atomic E-state index is 12.2. The summed E-state index contributed by atoms with van der Waals surface area (Å²) in [5.41, 5.74) is 5.88. The zero-order valence-corrected chi connectivity index (χ0v) is 10.3. The number of likely N-dealkylation sites (tertiary alicyclic amines) is 1. The molecule has 1 amide bonds. The second-order valence-corrected chi connectivity index (χ2v) is 4.59. The van der Waals surface area contributed by atoms with Crippen LogP contribution < -0.4 is 5.73 Å². The molecule has 17 heavy (non-hydrogen) atoms. The van der Waals surface area contributed by atoms with E-state index in [4.69, 9.17) is 5.73 Å². The Hall–Kier alpha value is -1.43. The Morgan fingerprint density at radius 3 is 3.00 bits per heavy atom. The maximum absolute atomic E-state index is 12.2. The fourth-order valence-electron chi connectivity index (χ4n) is 2.19. The third-order valence-electron chi connectivity index (χ3n) is 3.24. The van der Waals surface area contributed by atoms with E-state index in [2.05, 4.69) is 15.2 Å². The van der Waals surface area contributed by atoms with Crippen LogP contribution in [0.15, 0.2) is 0 Å². The molecular formula is C11H19N5O. The van der Waals surface area contributed by atoms with Crippen LogP contribution in [0.25, 0.3) is 0 Å². The van der Waals surface area contributed by atoms with Gasteiger partial charge in [-0.3, -0.25) is 9.89 Å². The smallest absolute Gasteiger partial charge is 0.293 e. The molecular weight excluding hydrogens is 218 g/mol. The Labute approximate surface area is 101 Å². The first-order chi connectivity index (χ1) is 8.11. The van der Waals surface area contributed by atoms with Crippen molar-refractivity contribution in [1.82, 2.24) is 20.1 Å². The molecule has 6 heteroatoms. The van der Waals surface area contributed by atoms with Gasteiger partial charge in [-0.05, 0) is 19.8 Å². The molecule has 1 aromatic rings. The number of carbonyl (C=O) groups excluding carboxylic acids is 1. The van der Waals surface area contributed by atoms with Gasteiger partial charge >= 0.3 is 0 Å². The van der Waals surface area contributed by atoms with Crippen LogP contribution in [0.4, 0.5) is 0 Å². The third kappa shape index (κ3) is 2.46. The summed E-state index contributed by atoms with van der Waals surface area (Å²) >= 11 is 0. The van der Waals surface area contributed by atoms with Crippen molar-refractivity contribution in [3.05, 3.63) is 11.6 Å². The van der Waals surface area contributed by atoms with Crippen molar-refractivity contribution < 1.29 is 4.79 Å². The normalized spacial score (nSPS) is 25.0. The van der Waals surface area contributed by atoms with Crippen molar-refractivity contribution in [3.63, 3.8) is 0 Å². The first kappa shape index (κ1) is 12.0. The fraction of sp³-hybridized carbons (Fsp3) is 0.727. The summed E-state index contributed by atoms with van der Waals surface area (Å²) in [5.74, 6) is 0.916. The lowest BCUT2D eigenvalue weighted by atomic mass is 9.99. The molecule has 0 saturated carbocycles. The van der Waals surface area contributed by atoms with Gasteiger partial charge in [-0.15, -0.1) is 5.10 Å². The highest BCUT2D eigenvalue weighted by Crippen LogP contribution is 2.17. The predicted octanol–water partition coefficient (Wildman–Crippen LogP) is 0.319. The first-order valence-electron chi connectivity index (χ1n) is 6.09. The van der Waals surface area contributed by atoms with Crippen LogP contribution in [-0.4, -0.2) is 44.6 Å². The monoisotopic (exact) mass is 237 g/mol. The van der Waals surface area contributed by atoms with E-state index in [0.717, 1.165) is 25.1 Å². The van der Waals surface area contributed by atoms with E-state index in [1.54, 1.807) is 0 Å². The first-order valence-corrected chi connectivity index (χ1v) is 6.09. The second-order valence-electron chi connectivity index (χ2n) is 4.59. The summed E-state index contributed by atoms with van der Waals surface area (Å²) in [4.78, 5) is 18.2. The van der Waals surface area contributed by atoms with E-state index >= 15 is 0 Å². The summed E-state index contributed by atoms with van der Waals surface area (Å²) in [6, 6.07) is 0.363. The lowest BCUT2D eigenvalue weighted by Crippen LogP contribution is -2.48. The van der Waals surface area contributed by atoms with E-state index in [-0.39, 0.29) is 23.8 Å². The molecule has 1 aromatic heterocycles. The van der Waals surface area contributed by atoms with Crippen LogP contribution in [-0.2, 0) is 6.42 Å². The minimum absolute atomic E-state index is 0.0969. The van der Waals surface area contributed by atoms with Gasteiger partial charge in [0.15, 0.2) is 0 Å². The van der Waals surface area contributed by atoms with Gasteiger partial charge in [0.1, 0.15) is 5.82 Å². The molecule has 1 saturated heterocycles. The number of nitrogens with two attached hydrogens (primary N) is 1. The number of hydrogen-bond acceptors (Lipinski definition) is 4. The molecule has 2 heterocycles. The number of H-pyrrole nitrogens is 1. The third-order valence-corrected chi connectivity index (χ3v) is 3.24. The van der Waals surface area contributed by atoms with Gasteiger partial charge in [0.25, 0.3) is 5.91 Å². The topological polar surface area (TPSA) is 87.9 Å². The molecule has 1 aliphatic rings. The number of aromatic amines is 1. The Morgan fingerprint density at radius 2 is 2.41 bits per heavy atom. The SMILES string of the molecule is CCc1nc(C(=O)N2CCC(N)CC2C)n[nH]1. The predicted molar refractivity (Wildman–Crippen MR) is 63.5 cm³/mol. The van der Waals surface area contributed by atoms with Gasteiger partial charge in [-0.1, -0.05) is 6.92 Å². The number of aromatic nitrogens is 3. The van der Waals surface area contributed by atoms with E-state index in [0.29, 0.717) is 6.54 Å². The molecule has 2 rings (SSSR count). The number of piperidine rings is 1. The second kappa shape index (κ2) is 4.83. The van der Waals surface area contributed by atoms with E-state index in [1.807, 2.05) is 18.7 Å². The Kier molecular flexibility index (Phi) is 3.42. The molecule has 0 radical (unpaired) electrons. The molecule has 0 aromatic carbocycles.